The number of carbonyl (C=O) groups is 1. The molecule has 0 aliphatic heterocycles. The van der Waals surface area contributed by atoms with E-state index in [-0.39, 0.29) is 11.0 Å². The Hall–Kier alpha value is -3.51. The van der Waals surface area contributed by atoms with Gasteiger partial charge in [0.2, 0.25) is 0 Å². The maximum Gasteiger partial charge on any atom is 0.335 e. The van der Waals surface area contributed by atoms with Crippen LogP contribution in [-0.4, -0.2) is 18.2 Å². The lowest BCUT2D eigenvalue weighted by Gasteiger charge is -2.25. The van der Waals surface area contributed by atoms with Crippen molar-refractivity contribution >= 4 is 5.97 Å². The average molecular weight is 399 g/mol. The van der Waals surface area contributed by atoms with Crippen molar-refractivity contribution in [3.63, 3.8) is 0 Å². The molecule has 0 atom stereocenters. The van der Waals surface area contributed by atoms with E-state index in [0.717, 1.165) is 33.6 Å². The number of methoxy groups -OCH3 is 1. The highest BCUT2D eigenvalue weighted by atomic mass is 16.5. The molecule has 0 bridgehead atoms. The first kappa shape index (κ1) is 21.2. The Morgan fingerprint density at radius 2 is 1.63 bits per heavy atom. The van der Waals surface area contributed by atoms with E-state index >= 15 is 0 Å². The summed E-state index contributed by atoms with van der Waals surface area (Å²) < 4.78 is 5.81. The average Bonchev–Trinajstić information content (AvgIpc) is 2.73. The first-order chi connectivity index (χ1) is 14.3. The van der Waals surface area contributed by atoms with E-state index in [1.54, 1.807) is 31.4 Å². The maximum atomic E-state index is 11.0. The molecule has 0 saturated carbocycles. The summed E-state index contributed by atoms with van der Waals surface area (Å²) in [4.78, 5) is 11.0. The normalized spacial score (nSPS) is 10.8. The van der Waals surface area contributed by atoms with Gasteiger partial charge in [0, 0.05) is 23.1 Å². The number of benzene rings is 3. The quantitative estimate of drug-likeness (QED) is 0.552. The fraction of sp³-hybridized carbons (Fsp3) is 0.222. The number of carboxylic acid groups (broad SMARTS) is 1. The Kier molecular flexibility index (Phi) is 6.28. The van der Waals surface area contributed by atoms with Crippen molar-refractivity contribution in [2.24, 2.45) is 0 Å². The fourth-order valence-electron chi connectivity index (χ4n) is 3.35. The van der Waals surface area contributed by atoms with Gasteiger partial charge in [-0.15, -0.1) is 0 Å². The molecule has 0 fully saturated rings. The molecule has 0 spiro atoms. The highest BCUT2D eigenvalue weighted by Gasteiger charge is 2.22. The number of hydrogen-bond acceptors (Lipinski definition) is 2. The lowest BCUT2D eigenvalue weighted by molar-refractivity contribution is 0.0697. The lowest BCUT2D eigenvalue weighted by atomic mass is 9.82. The second kappa shape index (κ2) is 8.88. The van der Waals surface area contributed by atoms with Crippen LogP contribution in [0.4, 0.5) is 0 Å². The Morgan fingerprint density at radius 3 is 2.20 bits per heavy atom. The maximum absolute atomic E-state index is 11.0. The topological polar surface area (TPSA) is 46.5 Å². The molecule has 0 aliphatic rings. The summed E-state index contributed by atoms with van der Waals surface area (Å²) >= 11 is 0. The molecule has 0 radical (unpaired) electrons. The zero-order valence-electron chi connectivity index (χ0n) is 17.8. The molecule has 152 valence electrons. The molecule has 0 aromatic heterocycles. The molecular formula is C27H26O3. The van der Waals surface area contributed by atoms with Crippen molar-refractivity contribution < 1.29 is 14.6 Å². The molecule has 1 N–H and O–H groups in total. The van der Waals surface area contributed by atoms with Gasteiger partial charge in [0.15, 0.2) is 0 Å². The molecule has 0 amide bonds. The molecule has 0 saturated heterocycles. The monoisotopic (exact) mass is 398 g/mol. The Morgan fingerprint density at radius 1 is 0.967 bits per heavy atom. The summed E-state index contributed by atoms with van der Waals surface area (Å²) in [6.07, 6.45) is 0.535. The summed E-state index contributed by atoms with van der Waals surface area (Å²) in [6.45, 7) is 6.54. The van der Waals surface area contributed by atoms with Crippen LogP contribution in [0.1, 0.15) is 47.8 Å². The third-order valence-corrected chi connectivity index (χ3v) is 4.93. The van der Waals surface area contributed by atoms with Crippen LogP contribution in [0.5, 0.6) is 5.75 Å². The van der Waals surface area contributed by atoms with E-state index < -0.39 is 5.97 Å². The minimum absolute atomic E-state index is 0.0784. The van der Waals surface area contributed by atoms with E-state index in [0.29, 0.717) is 6.42 Å². The summed E-state index contributed by atoms with van der Waals surface area (Å²) in [5, 5.41) is 9.02. The van der Waals surface area contributed by atoms with Crippen LogP contribution in [0, 0.1) is 11.8 Å². The standard InChI is InChI=1S/C27H26O3/c1-27(2,3)24-18-23(20-10-6-5-7-11-20)17-22(25(24)30-4)12-8-9-19-13-15-21(16-14-19)26(28)29/h5-7,10-11,13-18H,12H2,1-4H3,(H,28,29). The largest absolute Gasteiger partial charge is 0.496 e. The van der Waals surface area contributed by atoms with E-state index in [1.807, 2.05) is 18.2 Å². The van der Waals surface area contributed by atoms with Crippen molar-refractivity contribution in [3.05, 3.63) is 89.0 Å². The molecule has 0 aliphatic carbocycles. The van der Waals surface area contributed by atoms with E-state index in [4.69, 9.17) is 9.84 Å². The predicted molar refractivity (Wildman–Crippen MR) is 121 cm³/mol. The highest BCUT2D eigenvalue weighted by Crippen LogP contribution is 2.38. The van der Waals surface area contributed by atoms with Crippen LogP contribution in [0.15, 0.2) is 66.7 Å². The van der Waals surface area contributed by atoms with E-state index in [2.05, 4.69) is 56.9 Å². The Bertz CT molecular complexity index is 1090. The van der Waals surface area contributed by atoms with Crippen LogP contribution in [0.3, 0.4) is 0 Å². The van der Waals surface area contributed by atoms with Gasteiger partial charge in [-0.25, -0.2) is 4.79 Å². The van der Waals surface area contributed by atoms with Crippen LogP contribution in [0.2, 0.25) is 0 Å². The van der Waals surface area contributed by atoms with E-state index in [1.165, 1.54) is 0 Å². The van der Waals surface area contributed by atoms with Gasteiger partial charge < -0.3 is 9.84 Å². The molecule has 3 rings (SSSR count). The van der Waals surface area contributed by atoms with Crippen LogP contribution < -0.4 is 4.74 Å². The first-order valence-electron chi connectivity index (χ1n) is 9.88. The van der Waals surface area contributed by atoms with Gasteiger partial charge in [-0.05, 0) is 52.9 Å². The van der Waals surface area contributed by atoms with Gasteiger partial charge in [-0.1, -0.05) is 62.9 Å². The minimum atomic E-state index is -0.938. The van der Waals surface area contributed by atoms with Crippen molar-refractivity contribution in [2.75, 3.05) is 7.11 Å². The van der Waals surface area contributed by atoms with Gasteiger partial charge in [0.1, 0.15) is 5.75 Å². The van der Waals surface area contributed by atoms with Crippen molar-refractivity contribution in [3.8, 4) is 28.7 Å². The molecule has 0 heterocycles. The fourth-order valence-corrected chi connectivity index (χ4v) is 3.35. The number of carboxylic acids is 1. The zero-order chi connectivity index (χ0) is 21.7. The second-order valence-electron chi connectivity index (χ2n) is 8.19. The van der Waals surface area contributed by atoms with Gasteiger partial charge >= 0.3 is 5.97 Å². The van der Waals surface area contributed by atoms with Crippen molar-refractivity contribution in [2.45, 2.75) is 32.6 Å². The summed E-state index contributed by atoms with van der Waals surface area (Å²) in [5.41, 5.74) is 5.45. The van der Waals surface area contributed by atoms with Gasteiger partial charge in [-0.2, -0.15) is 0 Å². The third kappa shape index (κ3) is 4.90. The molecular weight excluding hydrogens is 372 g/mol. The Labute approximate surface area is 178 Å². The van der Waals surface area contributed by atoms with E-state index in [9.17, 15) is 4.79 Å². The van der Waals surface area contributed by atoms with Crippen LogP contribution >= 0.6 is 0 Å². The molecule has 0 unspecified atom stereocenters. The minimum Gasteiger partial charge on any atom is -0.496 e. The van der Waals surface area contributed by atoms with Gasteiger partial charge in [0.05, 0.1) is 12.7 Å². The molecule has 3 heteroatoms. The van der Waals surface area contributed by atoms with Crippen LogP contribution in [0.25, 0.3) is 11.1 Å². The van der Waals surface area contributed by atoms with Gasteiger partial charge in [-0.3, -0.25) is 0 Å². The van der Waals surface area contributed by atoms with Crippen molar-refractivity contribution in [1.29, 1.82) is 0 Å². The SMILES string of the molecule is COc1c(CC#Cc2ccc(C(=O)O)cc2)cc(-c2ccccc2)cc1C(C)(C)C. The third-order valence-electron chi connectivity index (χ3n) is 4.93. The second-order valence-corrected chi connectivity index (χ2v) is 8.19. The summed E-state index contributed by atoms with van der Waals surface area (Å²) in [7, 11) is 1.70. The lowest BCUT2D eigenvalue weighted by Crippen LogP contribution is -2.14. The highest BCUT2D eigenvalue weighted by molar-refractivity contribution is 5.87. The molecule has 30 heavy (non-hydrogen) atoms. The first-order valence-corrected chi connectivity index (χ1v) is 9.88. The molecule has 3 aromatic carbocycles. The smallest absolute Gasteiger partial charge is 0.335 e. The zero-order valence-corrected chi connectivity index (χ0v) is 17.8. The number of aromatic carboxylic acids is 1. The molecule has 3 aromatic rings. The summed E-state index contributed by atoms with van der Waals surface area (Å²) in [5.74, 6) is 6.29. The van der Waals surface area contributed by atoms with Gasteiger partial charge in [0.25, 0.3) is 0 Å². The molecule has 3 nitrogen and oxygen atoms in total. The predicted octanol–water partition coefficient (Wildman–Crippen LogP) is 5.95. The number of ether oxygens (including phenoxy) is 1. The number of rotatable bonds is 4. The Balaban J connectivity index is 2.00. The number of hydrogen-bond donors (Lipinski definition) is 1. The van der Waals surface area contributed by atoms with Crippen LogP contribution in [-0.2, 0) is 11.8 Å². The van der Waals surface area contributed by atoms with Crippen molar-refractivity contribution in [1.82, 2.24) is 0 Å². The summed E-state index contributed by atoms with van der Waals surface area (Å²) in [6, 6.07) is 21.3.